The van der Waals surface area contributed by atoms with Gasteiger partial charge in [0.2, 0.25) is 5.91 Å². The number of amides is 1. The Morgan fingerprint density at radius 2 is 1.41 bits per heavy atom. The molecule has 0 radical (unpaired) electrons. The Kier molecular flexibility index (Phi) is 12.4. The fraction of sp³-hybridized carbons (Fsp3) is 0.812. The standard InChI is InChI=1S/C16H29NO5/c1-2-3-4-5-6-7-8-9-10-11-14(20)17-15(16(21)22)13(19)12-18/h15,18H,2-12H2,1H3,(H,17,20)(H,21,22)/t15-/m0/s1. The zero-order valence-electron chi connectivity index (χ0n) is 13.5. The summed E-state index contributed by atoms with van der Waals surface area (Å²) >= 11 is 0. The van der Waals surface area contributed by atoms with Gasteiger partial charge in [0, 0.05) is 6.42 Å². The van der Waals surface area contributed by atoms with Gasteiger partial charge in [0.15, 0.2) is 11.8 Å². The van der Waals surface area contributed by atoms with Crippen molar-refractivity contribution in [3.63, 3.8) is 0 Å². The van der Waals surface area contributed by atoms with Crippen LogP contribution in [0.5, 0.6) is 0 Å². The van der Waals surface area contributed by atoms with E-state index in [1.54, 1.807) is 0 Å². The largest absolute Gasteiger partial charge is 0.479 e. The Labute approximate surface area is 132 Å². The Morgan fingerprint density at radius 3 is 1.86 bits per heavy atom. The van der Waals surface area contributed by atoms with Gasteiger partial charge in [-0.25, -0.2) is 4.79 Å². The molecule has 0 aliphatic carbocycles. The van der Waals surface area contributed by atoms with E-state index >= 15 is 0 Å². The van der Waals surface area contributed by atoms with Crippen molar-refractivity contribution >= 4 is 17.7 Å². The zero-order chi connectivity index (χ0) is 16.8. The van der Waals surface area contributed by atoms with Gasteiger partial charge in [-0.15, -0.1) is 0 Å². The van der Waals surface area contributed by atoms with Gasteiger partial charge in [-0.2, -0.15) is 0 Å². The van der Waals surface area contributed by atoms with E-state index < -0.39 is 30.3 Å². The van der Waals surface area contributed by atoms with Crippen molar-refractivity contribution in [1.82, 2.24) is 5.32 Å². The Bertz CT molecular complexity index is 343. The smallest absolute Gasteiger partial charge is 0.334 e. The average molecular weight is 315 g/mol. The van der Waals surface area contributed by atoms with Crippen LogP contribution in [-0.2, 0) is 14.4 Å². The minimum Gasteiger partial charge on any atom is -0.479 e. The van der Waals surface area contributed by atoms with Crippen LogP contribution in [-0.4, -0.2) is 40.5 Å². The molecule has 6 heteroatoms. The summed E-state index contributed by atoms with van der Waals surface area (Å²) < 4.78 is 0. The first-order valence-corrected chi connectivity index (χ1v) is 8.18. The first-order valence-electron chi connectivity index (χ1n) is 8.18. The van der Waals surface area contributed by atoms with Crippen molar-refractivity contribution < 1.29 is 24.6 Å². The lowest BCUT2D eigenvalue weighted by Gasteiger charge is -2.12. The number of aliphatic hydroxyl groups excluding tert-OH is 1. The number of ketones is 1. The fourth-order valence-electron chi connectivity index (χ4n) is 2.20. The highest BCUT2D eigenvalue weighted by Crippen LogP contribution is 2.10. The summed E-state index contributed by atoms with van der Waals surface area (Å²) in [7, 11) is 0. The van der Waals surface area contributed by atoms with Crippen LogP contribution in [0.1, 0.15) is 71.1 Å². The second-order valence-electron chi connectivity index (χ2n) is 5.54. The third-order valence-corrected chi connectivity index (χ3v) is 3.54. The maximum Gasteiger partial charge on any atom is 0.334 e. The Morgan fingerprint density at radius 1 is 0.909 bits per heavy atom. The van der Waals surface area contributed by atoms with Crippen LogP contribution < -0.4 is 5.32 Å². The summed E-state index contributed by atoms with van der Waals surface area (Å²) in [5, 5.41) is 19.6. The van der Waals surface area contributed by atoms with Gasteiger partial charge in [0.05, 0.1) is 0 Å². The van der Waals surface area contributed by atoms with Crippen LogP contribution in [0.4, 0.5) is 0 Å². The molecular formula is C16H29NO5. The zero-order valence-corrected chi connectivity index (χ0v) is 13.5. The number of hydrogen-bond acceptors (Lipinski definition) is 4. The van der Waals surface area contributed by atoms with E-state index in [1.807, 2.05) is 0 Å². The van der Waals surface area contributed by atoms with E-state index in [9.17, 15) is 14.4 Å². The molecule has 1 atom stereocenters. The molecule has 0 rings (SSSR count). The number of carbonyl (C=O) groups excluding carboxylic acids is 2. The highest BCUT2D eigenvalue weighted by molar-refractivity contribution is 6.05. The second kappa shape index (κ2) is 13.2. The third kappa shape index (κ3) is 10.3. The van der Waals surface area contributed by atoms with Crippen molar-refractivity contribution in [2.75, 3.05) is 6.61 Å². The molecule has 0 unspecified atom stereocenters. The molecule has 0 saturated heterocycles. The molecule has 0 aromatic rings. The van der Waals surface area contributed by atoms with Crippen LogP contribution in [0.25, 0.3) is 0 Å². The molecule has 0 aromatic heterocycles. The fourth-order valence-corrected chi connectivity index (χ4v) is 2.20. The lowest BCUT2D eigenvalue weighted by atomic mass is 10.1. The summed E-state index contributed by atoms with van der Waals surface area (Å²) in [5.41, 5.74) is 0. The van der Waals surface area contributed by atoms with Crippen LogP contribution in [0.2, 0.25) is 0 Å². The number of nitrogens with one attached hydrogen (secondary N) is 1. The SMILES string of the molecule is CCCCCCCCCCCC(=O)N[C@H](C(=O)O)C(=O)CO. The highest BCUT2D eigenvalue weighted by atomic mass is 16.4. The Hall–Kier alpha value is -1.43. The molecule has 0 bridgehead atoms. The molecule has 1 amide bonds. The van der Waals surface area contributed by atoms with Crippen LogP contribution in [0.15, 0.2) is 0 Å². The number of carboxylic acids is 1. The maximum absolute atomic E-state index is 11.6. The van der Waals surface area contributed by atoms with Gasteiger partial charge in [-0.05, 0) is 6.42 Å². The Balaban J connectivity index is 3.68. The molecule has 22 heavy (non-hydrogen) atoms. The predicted molar refractivity (Wildman–Crippen MR) is 83.5 cm³/mol. The summed E-state index contributed by atoms with van der Waals surface area (Å²) in [6.07, 6.45) is 10.3. The lowest BCUT2D eigenvalue weighted by Crippen LogP contribution is -2.47. The average Bonchev–Trinajstić information content (AvgIpc) is 2.50. The molecule has 0 heterocycles. The van der Waals surface area contributed by atoms with E-state index in [4.69, 9.17) is 10.2 Å². The van der Waals surface area contributed by atoms with Crippen molar-refractivity contribution in [1.29, 1.82) is 0 Å². The molecular weight excluding hydrogens is 286 g/mol. The number of rotatable bonds is 14. The number of aliphatic carboxylic acids is 1. The van der Waals surface area contributed by atoms with E-state index in [0.29, 0.717) is 6.42 Å². The minimum absolute atomic E-state index is 0.207. The van der Waals surface area contributed by atoms with Gasteiger partial charge in [0.1, 0.15) is 6.61 Å². The topological polar surface area (TPSA) is 104 Å². The van der Waals surface area contributed by atoms with Crippen LogP contribution >= 0.6 is 0 Å². The van der Waals surface area contributed by atoms with E-state index in [-0.39, 0.29) is 6.42 Å². The first kappa shape index (κ1) is 20.6. The molecule has 0 aromatic carbocycles. The molecule has 128 valence electrons. The van der Waals surface area contributed by atoms with Crippen molar-refractivity contribution in [3.05, 3.63) is 0 Å². The number of aliphatic hydroxyl groups is 1. The summed E-state index contributed by atoms with van der Waals surface area (Å²) in [5.74, 6) is -2.82. The highest BCUT2D eigenvalue weighted by Gasteiger charge is 2.26. The van der Waals surface area contributed by atoms with Gasteiger partial charge in [0.25, 0.3) is 0 Å². The number of Topliss-reactive ketones (excluding diaryl/α,β-unsaturated/α-hetero) is 1. The number of carboxylic acid groups (broad SMARTS) is 1. The monoisotopic (exact) mass is 315 g/mol. The summed E-state index contributed by atoms with van der Waals surface area (Å²) in [6.45, 7) is 1.30. The molecule has 3 N–H and O–H groups in total. The normalized spacial score (nSPS) is 11.9. The molecule has 0 aliphatic heterocycles. The first-order chi connectivity index (χ1) is 10.5. The van der Waals surface area contributed by atoms with Gasteiger partial charge >= 0.3 is 5.97 Å². The molecule has 6 nitrogen and oxygen atoms in total. The number of unbranched alkanes of at least 4 members (excludes halogenated alkanes) is 8. The lowest BCUT2D eigenvalue weighted by molar-refractivity contribution is -0.146. The van der Waals surface area contributed by atoms with Crippen molar-refractivity contribution in [3.8, 4) is 0 Å². The minimum atomic E-state index is -1.64. The molecule has 0 fully saturated rings. The van der Waals surface area contributed by atoms with E-state index in [0.717, 1.165) is 19.3 Å². The van der Waals surface area contributed by atoms with Crippen LogP contribution in [0.3, 0.4) is 0 Å². The number of hydrogen-bond donors (Lipinski definition) is 3. The van der Waals surface area contributed by atoms with Crippen molar-refractivity contribution in [2.45, 2.75) is 77.2 Å². The summed E-state index contributed by atoms with van der Waals surface area (Å²) in [4.78, 5) is 33.6. The number of carbonyl (C=O) groups is 3. The molecule has 0 saturated carbocycles. The van der Waals surface area contributed by atoms with E-state index in [1.165, 1.54) is 32.1 Å². The second-order valence-corrected chi connectivity index (χ2v) is 5.54. The predicted octanol–water partition coefficient (Wildman–Crippen LogP) is 2.04. The van der Waals surface area contributed by atoms with Gasteiger partial charge in [-0.1, -0.05) is 58.3 Å². The quantitative estimate of drug-likeness (QED) is 0.336. The molecule has 0 aliphatic rings. The van der Waals surface area contributed by atoms with E-state index in [2.05, 4.69) is 12.2 Å². The third-order valence-electron chi connectivity index (χ3n) is 3.54. The van der Waals surface area contributed by atoms with Crippen molar-refractivity contribution in [2.24, 2.45) is 0 Å². The van der Waals surface area contributed by atoms with Gasteiger partial charge < -0.3 is 15.5 Å². The summed E-state index contributed by atoms with van der Waals surface area (Å²) in [6, 6.07) is -1.64. The van der Waals surface area contributed by atoms with Gasteiger partial charge in [-0.3, -0.25) is 9.59 Å². The maximum atomic E-state index is 11.6. The molecule has 0 spiro atoms. The van der Waals surface area contributed by atoms with Crippen LogP contribution in [0, 0.1) is 0 Å².